The molecule has 16 heavy (non-hydrogen) atoms. The summed E-state index contributed by atoms with van der Waals surface area (Å²) >= 11 is 0. The summed E-state index contributed by atoms with van der Waals surface area (Å²) in [7, 11) is 0. The smallest absolute Gasteiger partial charge is 0.403 e. The summed E-state index contributed by atoms with van der Waals surface area (Å²) in [5, 5.41) is 8.14. The number of carboxylic acids is 1. The van der Waals surface area contributed by atoms with E-state index in [1.165, 1.54) is 0 Å². The van der Waals surface area contributed by atoms with Crippen LogP contribution in [-0.4, -0.2) is 29.5 Å². The summed E-state index contributed by atoms with van der Waals surface area (Å²) in [4.78, 5) is 10.1. The Labute approximate surface area is 86.2 Å². The first-order valence-corrected chi connectivity index (χ1v) is 4.05. The largest absolute Gasteiger partial charge is 0.481 e. The maximum Gasteiger partial charge on any atom is 0.403 e. The van der Waals surface area contributed by atoms with Gasteiger partial charge in [-0.2, -0.15) is 26.3 Å². The van der Waals surface area contributed by atoms with Crippen molar-refractivity contribution in [2.45, 2.75) is 31.2 Å². The molecule has 3 nitrogen and oxygen atoms in total. The van der Waals surface area contributed by atoms with Crippen LogP contribution < -0.4 is 5.73 Å². The molecule has 0 spiro atoms. The van der Waals surface area contributed by atoms with Gasteiger partial charge < -0.3 is 10.8 Å². The number of rotatable bonds is 4. The van der Waals surface area contributed by atoms with E-state index in [1.807, 2.05) is 0 Å². The molecule has 0 amide bonds. The predicted molar refractivity (Wildman–Crippen MR) is 40.4 cm³/mol. The summed E-state index contributed by atoms with van der Waals surface area (Å²) in [6.45, 7) is 0. The number of hydrogen-bond donors (Lipinski definition) is 2. The Bertz CT molecular complexity index is 248. The molecule has 0 rings (SSSR count). The van der Waals surface area contributed by atoms with Crippen molar-refractivity contribution in [1.82, 2.24) is 0 Å². The molecule has 0 fully saturated rings. The Hall–Kier alpha value is -0.990. The highest BCUT2D eigenvalue weighted by Crippen LogP contribution is 2.35. The molecule has 0 heterocycles. The first-order valence-electron chi connectivity index (χ1n) is 4.05. The Morgan fingerprint density at radius 3 is 1.81 bits per heavy atom. The first kappa shape index (κ1) is 15.0. The lowest BCUT2D eigenvalue weighted by atomic mass is 9.96. The molecular formula is C7H9F6NO2. The number of aliphatic carboxylic acids is 1. The van der Waals surface area contributed by atoms with Gasteiger partial charge in [-0.05, 0) is 6.42 Å². The molecule has 0 radical (unpaired) electrons. The van der Waals surface area contributed by atoms with Crippen LogP contribution in [-0.2, 0) is 4.79 Å². The van der Waals surface area contributed by atoms with E-state index in [-0.39, 0.29) is 0 Å². The zero-order valence-electron chi connectivity index (χ0n) is 7.77. The van der Waals surface area contributed by atoms with Crippen molar-refractivity contribution in [2.24, 2.45) is 11.7 Å². The molecule has 96 valence electrons. The molecule has 9 heteroatoms. The molecule has 3 N–H and O–H groups in total. The minimum Gasteiger partial charge on any atom is -0.481 e. The maximum atomic E-state index is 12.1. The molecule has 0 aromatic rings. The normalized spacial score (nSPS) is 16.9. The van der Waals surface area contributed by atoms with Crippen LogP contribution in [0.1, 0.15) is 12.8 Å². The van der Waals surface area contributed by atoms with Gasteiger partial charge in [0, 0.05) is 0 Å². The molecule has 0 unspecified atom stereocenters. The van der Waals surface area contributed by atoms with Crippen LogP contribution in [0.25, 0.3) is 0 Å². The van der Waals surface area contributed by atoms with Gasteiger partial charge >= 0.3 is 18.3 Å². The fraction of sp³-hybridized carbons (Fsp3) is 0.857. The quantitative estimate of drug-likeness (QED) is 0.752. The van der Waals surface area contributed by atoms with E-state index < -0.39 is 43.1 Å². The topological polar surface area (TPSA) is 63.3 Å². The van der Waals surface area contributed by atoms with E-state index in [9.17, 15) is 31.1 Å². The van der Waals surface area contributed by atoms with E-state index in [2.05, 4.69) is 5.73 Å². The fourth-order valence-electron chi connectivity index (χ4n) is 0.984. The van der Waals surface area contributed by atoms with Gasteiger partial charge in [-0.15, -0.1) is 0 Å². The van der Waals surface area contributed by atoms with Gasteiger partial charge in [-0.25, -0.2) is 0 Å². The number of nitrogens with two attached hydrogens (primary N) is 1. The highest BCUT2D eigenvalue weighted by atomic mass is 19.4. The van der Waals surface area contributed by atoms with Gasteiger partial charge in [0.05, 0.1) is 12.3 Å². The SMILES string of the molecule is N[C@@H](C[C@H](CC(=O)O)C(F)(F)F)C(F)(F)F. The monoisotopic (exact) mass is 253 g/mol. The average Bonchev–Trinajstić information content (AvgIpc) is 1.98. The molecule has 0 saturated carbocycles. The number of alkyl halides is 6. The number of carbonyl (C=O) groups is 1. The number of carboxylic acid groups (broad SMARTS) is 1. The third-order valence-electron chi connectivity index (χ3n) is 1.84. The number of hydrogen-bond acceptors (Lipinski definition) is 2. The van der Waals surface area contributed by atoms with Gasteiger partial charge in [-0.1, -0.05) is 0 Å². The third kappa shape index (κ3) is 5.19. The summed E-state index contributed by atoms with van der Waals surface area (Å²) in [6, 6.07) is -2.68. The van der Waals surface area contributed by atoms with E-state index in [0.29, 0.717) is 0 Å². The van der Waals surface area contributed by atoms with Crippen molar-refractivity contribution in [3.63, 3.8) is 0 Å². The minimum atomic E-state index is -5.01. The highest BCUT2D eigenvalue weighted by Gasteiger charge is 2.46. The lowest BCUT2D eigenvalue weighted by molar-refractivity contribution is -0.199. The molecule has 0 saturated heterocycles. The third-order valence-corrected chi connectivity index (χ3v) is 1.84. The minimum absolute atomic E-state index is 1.42. The lowest BCUT2D eigenvalue weighted by Crippen LogP contribution is -2.42. The van der Waals surface area contributed by atoms with Crippen LogP contribution >= 0.6 is 0 Å². The van der Waals surface area contributed by atoms with Crippen molar-refractivity contribution >= 4 is 5.97 Å². The zero-order chi connectivity index (χ0) is 13.1. The predicted octanol–water partition coefficient (Wildman–Crippen LogP) is 1.92. The molecular weight excluding hydrogens is 244 g/mol. The van der Waals surface area contributed by atoms with E-state index in [0.717, 1.165) is 0 Å². The second kappa shape index (κ2) is 4.89. The maximum absolute atomic E-state index is 12.1. The van der Waals surface area contributed by atoms with Gasteiger partial charge in [0.15, 0.2) is 0 Å². The van der Waals surface area contributed by atoms with Crippen molar-refractivity contribution in [3.8, 4) is 0 Å². The second-order valence-corrected chi connectivity index (χ2v) is 3.22. The molecule has 0 aliphatic rings. The Kier molecular flexibility index (Phi) is 4.59. The molecule has 0 aliphatic carbocycles. The fourth-order valence-corrected chi connectivity index (χ4v) is 0.984. The van der Waals surface area contributed by atoms with Crippen molar-refractivity contribution in [3.05, 3.63) is 0 Å². The summed E-state index contributed by atoms with van der Waals surface area (Å²) in [6.07, 6.45) is -12.9. The van der Waals surface area contributed by atoms with Crippen LogP contribution in [0.5, 0.6) is 0 Å². The van der Waals surface area contributed by atoms with Gasteiger partial charge in [0.1, 0.15) is 6.04 Å². The average molecular weight is 253 g/mol. The van der Waals surface area contributed by atoms with Crippen LogP contribution in [0, 0.1) is 5.92 Å². The molecule has 0 aliphatic heterocycles. The molecule has 2 atom stereocenters. The molecule has 0 aromatic carbocycles. The van der Waals surface area contributed by atoms with Crippen LogP contribution in [0.4, 0.5) is 26.3 Å². The Balaban J connectivity index is 4.62. The summed E-state index contributed by atoms with van der Waals surface area (Å²) in [5.41, 5.74) is 4.51. The molecule has 0 bridgehead atoms. The Morgan fingerprint density at radius 2 is 1.56 bits per heavy atom. The standard InChI is InChI=1S/C7H9F6NO2/c8-6(9,10)3(2-5(15)16)1-4(14)7(11,12)13/h3-4H,1-2,14H2,(H,15,16)/t3-,4+/m1/s1. The van der Waals surface area contributed by atoms with E-state index in [4.69, 9.17) is 5.11 Å². The van der Waals surface area contributed by atoms with Gasteiger partial charge in [-0.3, -0.25) is 4.79 Å². The van der Waals surface area contributed by atoms with Gasteiger partial charge in [0.2, 0.25) is 0 Å². The highest BCUT2D eigenvalue weighted by molar-refractivity contribution is 5.67. The van der Waals surface area contributed by atoms with E-state index in [1.54, 1.807) is 0 Å². The van der Waals surface area contributed by atoms with Crippen molar-refractivity contribution < 1.29 is 36.2 Å². The summed E-state index contributed by atoms with van der Waals surface area (Å²) in [5.74, 6) is -4.42. The zero-order valence-corrected chi connectivity index (χ0v) is 7.77. The van der Waals surface area contributed by atoms with E-state index >= 15 is 0 Å². The molecule has 0 aromatic heterocycles. The van der Waals surface area contributed by atoms with Gasteiger partial charge in [0.25, 0.3) is 0 Å². The second-order valence-electron chi connectivity index (χ2n) is 3.22. The van der Waals surface area contributed by atoms with Crippen molar-refractivity contribution in [2.75, 3.05) is 0 Å². The van der Waals surface area contributed by atoms with Crippen molar-refractivity contribution in [1.29, 1.82) is 0 Å². The van der Waals surface area contributed by atoms with Crippen LogP contribution in [0.15, 0.2) is 0 Å². The van der Waals surface area contributed by atoms with Crippen LogP contribution in [0.3, 0.4) is 0 Å². The Morgan fingerprint density at radius 1 is 1.12 bits per heavy atom. The summed E-state index contributed by atoms with van der Waals surface area (Å²) < 4.78 is 72.1. The first-order chi connectivity index (χ1) is 6.94. The lowest BCUT2D eigenvalue weighted by Gasteiger charge is -2.23. The van der Waals surface area contributed by atoms with Crippen LogP contribution in [0.2, 0.25) is 0 Å². The number of halogens is 6.